The molecule has 226 valence electrons. The van der Waals surface area contributed by atoms with Crippen LogP contribution in [-0.2, 0) is 17.6 Å². The number of aryl methyl sites for hydroxylation is 1. The minimum atomic E-state index is -4.50. The van der Waals surface area contributed by atoms with Gasteiger partial charge in [-0.1, -0.05) is 50.1 Å². The molecule has 2 heterocycles. The zero-order valence-electron chi connectivity index (χ0n) is 24.6. The van der Waals surface area contributed by atoms with Gasteiger partial charge in [0.1, 0.15) is 6.26 Å². The normalized spacial score (nSPS) is 17.1. The van der Waals surface area contributed by atoms with Crippen molar-refractivity contribution in [2.45, 2.75) is 56.5 Å². The van der Waals surface area contributed by atoms with E-state index in [-0.39, 0.29) is 11.3 Å². The van der Waals surface area contributed by atoms with E-state index >= 15 is 4.39 Å². The van der Waals surface area contributed by atoms with Crippen LogP contribution in [-0.4, -0.2) is 27.7 Å². The number of allylic oxidation sites excluding steroid dienone is 13. The van der Waals surface area contributed by atoms with E-state index in [0.29, 0.717) is 58.8 Å². The third-order valence-electron chi connectivity index (χ3n) is 7.15. The Labute approximate surface area is 254 Å². The van der Waals surface area contributed by atoms with Crippen LogP contribution in [0.3, 0.4) is 0 Å². The highest BCUT2D eigenvalue weighted by molar-refractivity contribution is 7.90. The van der Waals surface area contributed by atoms with Crippen LogP contribution in [0.2, 0.25) is 0 Å². The predicted molar refractivity (Wildman–Crippen MR) is 169 cm³/mol. The highest BCUT2D eigenvalue weighted by atomic mass is 32.2. The Morgan fingerprint density at radius 2 is 1.93 bits per heavy atom. The molecule has 3 nitrogen and oxygen atoms in total. The molecule has 0 saturated heterocycles. The van der Waals surface area contributed by atoms with Crippen LogP contribution in [0.25, 0.3) is 0 Å². The molecule has 0 N–H and O–H groups in total. The van der Waals surface area contributed by atoms with Crippen molar-refractivity contribution in [1.29, 1.82) is 0 Å². The first-order chi connectivity index (χ1) is 20.3. The Morgan fingerprint density at radius 1 is 1.21 bits per heavy atom. The van der Waals surface area contributed by atoms with Crippen LogP contribution >= 0.6 is 0 Å². The van der Waals surface area contributed by atoms with Crippen molar-refractivity contribution in [3.05, 3.63) is 137 Å². The van der Waals surface area contributed by atoms with E-state index in [1.807, 2.05) is 0 Å². The van der Waals surface area contributed by atoms with Gasteiger partial charge in [0.15, 0.2) is 10.7 Å². The molecule has 3 rings (SSSR count). The molecule has 1 fully saturated rings. The van der Waals surface area contributed by atoms with Gasteiger partial charge in [-0.05, 0) is 104 Å². The minimum absolute atomic E-state index is 0.0917. The van der Waals surface area contributed by atoms with E-state index in [2.05, 4.69) is 42.0 Å². The van der Waals surface area contributed by atoms with Crippen molar-refractivity contribution in [2.75, 3.05) is 6.26 Å². The van der Waals surface area contributed by atoms with Crippen LogP contribution < -0.4 is 0 Å². The number of aliphatic imine (C=N–C) groups is 1. The van der Waals surface area contributed by atoms with Gasteiger partial charge in [0.2, 0.25) is 0 Å². The maximum absolute atomic E-state index is 16.2. The third-order valence-corrected chi connectivity index (χ3v) is 8.05. The highest BCUT2D eigenvalue weighted by Crippen LogP contribution is 2.38. The predicted octanol–water partition coefficient (Wildman–Crippen LogP) is 9.50. The molecular formula is C35H36F4N2OS. The van der Waals surface area contributed by atoms with E-state index in [0.717, 1.165) is 30.2 Å². The second-order valence-electron chi connectivity index (χ2n) is 10.5. The molecule has 0 bridgehead atoms. The smallest absolute Gasteiger partial charge is 0.415 e. The third kappa shape index (κ3) is 9.92. The van der Waals surface area contributed by atoms with Crippen LogP contribution in [0.1, 0.15) is 44.7 Å². The molecule has 1 saturated carbocycles. The lowest BCUT2D eigenvalue weighted by Gasteiger charge is -2.15. The van der Waals surface area contributed by atoms with Gasteiger partial charge >= 0.3 is 6.18 Å². The fourth-order valence-electron chi connectivity index (χ4n) is 4.41. The summed E-state index contributed by atoms with van der Waals surface area (Å²) >= 11 is -1.13. The van der Waals surface area contributed by atoms with Crippen molar-refractivity contribution in [2.24, 2.45) is 10.9 Å². The van der Waals surface area contributed by atoms with Crippen LogP contribution in [0.15, 0.2) is 142 Å². The summed E-state index contributed by atoms with van der Waals surface area (Å²) in [6.07, 6.45) is 11.6. The summed E-state index contributed by atoms with van der Waals surface area (Å²) in [6, 6.07) is 3.57. The zero-order chi connectivity index (χ0) is 31.7. The minimum Gasteiger partial charge on any atom is -0.612 e. The van der Waals surface area contributed by atoms with Crippen LogP contribution in [0.4, 0.5) is 17.6 Å². The fourth-order valence-corrected chi connectivity index (χ4v) is 4.87. The summed E-state index contributed by atoms with van der Waals surface area (Å²) in [4.78, 5) is 9.34. The molecule has 43 heavy (non-hydrogen) atoms. The van der Waals surface area contributed by atoms with E-state index < -0.39 is 28.8 Å². The Balaban J connectivity index is 1.87. The van der Waals surface area contributed by atoms with E-state index in [9.17, 15) is 17.7 Å². The number of halogens is 4. The quantitative estimate of drug-likeness (QED) is 0.0969. The van der Waals surface area contributed by atoms with Crippen molar-refractivity contribution in [3.8, 4) is 0 Å². The number of aromatic nitrogens is 1. The number of nitrogens with zero attached hydrogens (tertiary/aromatic N) is 2. The van der Waals surface area contributed by atoms with Crippen LogP contribution in [0.5, 0.6) is 0 Å². The maximum Gasteiger partial charge on any atom is 0.415 e. The molecule has 8 heteroatoms. The standard InChI is InChI=1S/C35H36F4N2OS/c1-7-26(10-9-24(4)35(37,38)39)19-28(20-27-11-12-27)21-32-34(36)33(23(3)17-18-40-32)25(5)29(8-2)13-14-30-15-16-31(22-41-30)43(6)42/h7,9-10,15-18,21-22,27H,2-5,11-14,19-20H2,1,6H3/b10-9-,26-7+,28-21+. The molecule has 0 spiro atoms. The van der Waals surface area contributed by atoms with Crippen molar-refractivity contribution < 1.29 is 22.1 Å². The molecule has 1 aromatic heterocycles. The lowest BCUT2D eigenvalue weighted by Crippen LogP contribution is -2.08. The summed E-state index contributed by atoms with van der Waals surface area (Å²) < 4.78 is 66.7. The zero-order valence-corrected chi connectivity index (χ0v) is 25.4. The summed E-state index contributed by atoms with van der Waals surface area (Å²) in [7, 11) is 0. The summed E-state index contributed by atoms with van der Waals surface area (Å²) in [5, 5.41) is 0. The topological polar surface area (TPSA) is 48.3 Å². The monoisotopic (exact) mass is 608 g/mol. The first-order valence-corrected chi connectivity index (χ1v) is 15.4. The van der Waals surface area contributed by atoms with Gasteiger partial charge < -0.3 is 4.55 Å². The molecule has 1 unspecified atom stereocenters. The second kappa shape index (κ2) is 15.1. The second-order valence-corrected chi connectivity index (χ2v) is 11.8. The van der Waals surface area contributed by atoms with Gasteiger partial charge in [0.25, 0.3) is 0 Å². The average Bonchev–Trinajstić information content (AvgIpc) is 3.79. The number of hydrogen-bond donors (Lipinski definition) is 0. The molecule has 0 radical (unpaired) electrons. The first kappa shape index (κ1) is 33.8. The molecule has 2 aliphatic rings. The summed E-state index contributed by atoms with van der Waals surface area (Å²) in [5.74, 6) is -0.149. The first-order valence-electron chi connectivity index (χ1n) is 13.8. The molecule has 1 aliphatic heterocycles. The lowest BCUT2D eigenvalue weighted by molar-refractivity contribution is -0.0878. The molecule has 1 aromatic rings. The average molecular weight is 609 g/mol. The summed E-state index contributed by atoms with van der Waals surface area (Å²) in [6.45, 7) is 16.8. The fraction of sp³-hybridized carbons (Fsp3) is 0.286. The van der Waals surface area contributed by atoms with Gasteiger partial charge in [0, 0.05) is 28.6 Å². The Bertz CT molecular complexity index is 1490. The maximum atomic E-state index is 16.2. The van der Waals surface area contributed by atoms with Gasteiger partial charge in [0.05, 0.1) is 11.9 Å². The SMILES string of the molecule is C=C=C(CCc1ccc([S+](C)[O-])cn1)C(=C)C1=C(F)C(/C=C(\CC(/C=C\C(=C)C(F)(F)F)=C/C)CC2CC2)=NC=CC1=C. The lowest BCUT2D eigenvalue weighted by atomic mass is 9.89. The Kier molecular flexibility index (Phi) is 11.9. The highest BCUT2D eigenvalue weighted by Gasteiger charge is 2.30. The molecule has 1 aliphatic carbocycles. The number of hydrogen-bond acceptors (Lipinski definition) is 3. The van der Waals surface area contributed by atoms with Crippen molar-refractivity contribution in [1.82, 2.24) is 4.98 Å². The number of rotatable bonds is 13. The molecular weight excluding hydrogens is 572 g/mol. The molecule has 0 amide bonds. The van der Waals surface area contributed by atoms with Gasteiger partial charge in [-0.2, -0.15) is 13.2 Å². The molecule has 1 atom stereocenters. The van der Waals surface area contributed by atoms with E-state index in [1.165, 1.54) is 12.3 Å². The van der Waals surface area contributed by atoms with Gasteiger partial charge in [-0.15, -0.1) is 5.73 Å². The molecule has 0 aromatic carbocycles. The van der Waals surface area contributed by atoms with Crippen molar-refractivity contribution >= 4 is 16.9 Å². The number of alkyl halides is 3. The Morgan fingerprint density at radius 3 is 2.49 bits per heavy atom. The summed E-state index contributed by atoms with van der Waals surface area (Å²) in [5.41, 5.74) is 5.88. The number of pyridine rings is 1. The van der Waals surface area contributed by atoms with E-state index in [1.54, 1.807) is 49.7 Å². The van der Waals surface area contributed by atoms with Crippen LogP contribution in [0, 0.1) is 5.92 Å². The van der Waals surface area contributed by atoms with E-state index in [4.69, 9.17) is 0 Å². The largest absolute Gasteiger partial charge is 0.612 e. The van der Waals surface area contributed by atoms with Gasteiger partial charge in [-0.25, -0.2) is 4.39 Å². The van der Waals surface area contributed by atoms with Crippen molar-refractivity contribution in [3.63, 3.8) is 0 Å². The van der Waals surface area contributed by atoms with Gasteiger partial charge in [-0.3, -0.25) is 9.98 Å². The Hall–Kier alpha value is -3.71.